The third-order valence-corrected chi connectivity index (χ3v) is 3.12. The molecule has 1 aliphatic carbocycles. The van der Waals surface area contributed by atoms with E-state index in [0.29, 0.717) is 12.8 Å². The van der Waals surface area contributed by atoms with Crippen LogP contribution in [0.4, 0.5) is 0 Å². The van der Waals surface area contributed by atoms with Gasteiger partial charge in [-0.1, -0.05) is 0 Å². The quantitative estimate of drug-likeness (QED) is 0.389. The highest BCUT2D eigenvalue weighted by Crippen LogP contribution is 2.37. The maximum atomic E-state index is 11.8. The van der Waals surface area contributed by atoms with Crippen LogP contribution in [0.5, 0.6) is 0 Å². The van der Waals surface area contributed by atoms with Gasteiger partial charge >= 0.3 is 5.97 Å². The number of hydrogen-bond acceptors (Lipinski definition) is 5. The van der Waals surface area contributed by atoms with E-state index in [1.54, 1.807) is 0 Å². The Morgan fingerprint density at radius 3 is 2.59 bits per heavy atom. The summed E-state index contributed by atoms with van der Waals surface area (Å²) in [6.07, 6.45) is -0.0537. The van der Waals surface area contributed by atoms with Crippen LogP contribution in [-0.4, -0.2) is 48.2 Å². The van der Waals surface area contributed by atoms with Gasteiger partial charge in [0.2, 0.25) is 11.8 Å². The molecule has 7 nitrogen and oxygen atoms in total. The summed E-state index contributed by atoms with van der Waals surface area (Å²) < 4.78 is 4.58. The lowest BCUT2D eigenvalue weighted by molar-refractivity contribution is -0.148. The summed E-state index contributed by atoms with van der Waals surface area (Å²) in [5.74, 6) is -2.80. The van der Waals surface area contributed by atoms with E-state index in [1.165, 1.54) is 7.11 Å². The molecule has 2 rings (SSSR count). The molecule has 1 heterocycles. The molecule has 17 heavy (non-hydrogen) atoms. The molecule has 2 aliphatic rings. The molecule has 1 saturated heterocycles. The van der Waals surface area contributed by atoms with Gasteiger partial charge in [0.05, 0.1) is 13.2 Å². The van der Waals surface area contributed by atoms with Gasteiger partial charge in [-0.2, -0.15) is 0 Å². The molecule has 2 atom stereocenters. The van der Waals surface area contributed by atoms with Crippen LogP contribution < -0.4 is 10.6 Å². The van der Waals surface area contributed by atoms with E-state index in [-0.39, 0.29) is 6.54 Å². The van der Waals surface area contributed by atoms with E-state index < -0.39 is 35.3 Å². The summed E-state index contributed by atoms with van der Waals surface area (Å²) in [6.45, 7) is 0.0577. The first-order valence-electron chi connectivity index (χ1n) is 5.36. The Balaban J connectivity index is 2.02. The van der Waals surface area contributed by atoms with E-state index in [9.17, 15) is 19.5 Å². The van der Waals surface area contributed by atoms with Gasteiger partial charge in [-0.15, -0.1) is 0 Å². The fourth-order valence-electron chi connectivity index (χ4n) is 1.92. The Morgan fingerprint density at radius 2 is 2.18 bits per heavy atom. The molecule has 94 valence electrons. The summed E-state index contributed by atoms with van der Waals surface area (Å²) >= 11 is 0. The van der Waals surface area contributed by atoms with Crippen molar-refractivity contribution in [2.75, 3.05) is 13.7 Å². The number of amides is 2. The molecule has 0 spiro atoms. The normalized spacial score (nSPS) is 29.4. The standard InChI is InChI=1S/C10H14N2O5/c1-17-9(16)10(2-3-10)12-8(15)6-5(13)4-11-7(6)14/h5-6,13H,2-4H2,1H3,(H,11,14)(H,12,15). The summed E-state index contributed by atoms with van der Waals surface area (Å²) in [7, 11) is 1.24. The smallest absolute Gasteiger partial charge is 0.331 e. The molecule has 2 amide bonds. The van der Waals surface area contributed by atoms with Gasteiger partial charge < -0.3 is 20.5 Å². The van der Waals surface area contributed by atoms with Gasteiger partial charge in [0.15, 0.2) is 0 Å². The molecule has 2 unspecified atom stereocenters. The van der Waals surface area contributed by atoms with Crippen molar-refractivity contribution in [2.45, 2.75) is 24.5 Å². The molecule has 3 N–H and O–H groups in total. The van der Waals surface area contributed by atoms with Crippen molar-refractivity contribution in [3.63, 3.8) is 0 Å². The number of β-amino-alcohol motifs (C(OH)–C–C–N with tert-alkyl or cyclic N) is 1. The topological polar surface area (TPSA) is 105 Å². The van der Waals surface area contributed by atoms with Crippen molar-refractivity contribution in [2.24, 2.45) is 5.92 Å². The SMILES string of the molecule is COC(=O)C1(NC(=O)C2C(=O)NCC2O)CC1. The molecule has 0 aromatic rings. The van der Waals surface area contributed by atoms with Crippen molar-refractivity contribution in [3.8, 4) is 0 Å². The van der Waals surface area contributed by atoms with E-state index in [2.05, 4.69) is 15.4 Å². The zero-order valence-corrected chi connectivity index (χ0v) is 9.36. The highest BCUT2D eigenvalue weighted by molar-refractivity contribution is 6.04. The Hall–Kier alpha value is -1.63. The Labute approximate surface area is 97.5 Å². The van der Waals surface area contributed by atoms with Crippen LogP contribution in [0, 0.1) is 5.92 Å². The van der Waals surface area contributed by atoms with Crippen molar-refractivity contribution in [3.05, 3.63) is 0 Å². The summed E-state index contributed by atoms with van der Waals surface area (Å²) in [5.41, 5.74) is -0.992. The Kier molecular flexibility index (Phi) is 2.78. The third-order valence-electron chi connectivity index (χ3n) is 3.12. The molecule has 7 heteroatoms. The lowest BCUT2D eigenvalue weighted by atomic mass is 10.0. The number of nitrogens with one attached hydrogen (secondary N) is 2. The number of aliphatic hydroxyl groups is 1. The number of aliphatic hydroxyl groups excluding tert-OH is 1. The van der Waals surface area contributed by atoms with E-state index in [0.717, 1.165) is 0 Å². The maximum absolute atomic E-state index is 11.8. The largest absolute Gasteiger partial charge is 0.467 e. The molecule has 1 saturated carbocycles. The second-order valence-corrected chi connectivity index (χ2v) is 4.35. The van der Waals surface area contributed by atoms with Gasteiger partial charge in [0.25, 0.3) is 0 Å². The van der Waals surface area contributed by atoms with Crippen LogP contribution in [0.15, 0.2) is 0 Å². The number of hydrogen-bond donors (Lipinski definition) is 3. The number of esters is 1. The van der Waals surface area contributed by atoms with Crippen LogP contribution in [0.3, 0.4) is 0 Å². The maximum Gasteiger partial charge on any atom is 0.331 e. The van der Waals surface area contributed by atoms with Crippen LogP contribution in [0.1, 0.15) is 12.8 Å². The molecular formula is C10H14N2O5. The molecule has 0 radical (unpaired) electrons. The average molecular weight is 242 g/mol. The van der Waals surface area contributed by atoms with Crippen LogP contribution >= 0.6 is 0 Å². The lowest BCUT2D eigenvalue weighted by Gasteiger charge is -2.18. The second kappa shape index (κ2) is 3.99. The molecule has 1 aliphatic heterocycles. The number of carbonyl (C=O) groups excluding carboxylic acids is 3. The van der Waals surface area contributed by atoms with E-state index >= 15 is 0 Å². The first kappa shape index (κ1) is 11.8. The molecule has 0 aromatic carbocycles. The highest BCUT2D eigenvalue weighted by Gasteiger charge is 2.54. The number of carbonyl (C=O) groups is 3. The summed E-state index contributed by atoms with van der Waals surface area (Å²) in [4.78, 5) is 34.5. The van der Waals surface area contributed by atoms with Crippen molar-refractivity contribution < 1.29 is 24.2 Å². The molecular weight excluding hydrogens is 228 g/mol. The summed E-state index contributed by atoms with van der Waals surface area (Å²) in [6, 6.07) is 0. The van der Waals surface area contributed by atoms with Crippen LogP contribution in [0.2, 0.25) is 0 Å². The molecule has 0 aromatic heterocycles. The highest BCUT2D eigenvalue weighted by atomic mass is 16.5. The minimum Gasteiger partial charge on any atom is -0.467 e. The van der Waals surface area contributed by atoms with Gasteiger partial charge in [-0.05, 0) is 12.8 Å². The van der Waals surface area contributed by atoms with Gasteiger partial charge in [-0.25, -0.2) is 4.79 Å². The van der Waals surface area contributed by atoms with Crippen molar-refractivity contribution >= 4 is 17.8 Å². The van der Waals surface area contributed by atoms with Gasteiger partial charge in [0.1, 0.15) is 11.5 Å². The third kappa shape index (κ3) is 1.97. The molecule has 0 bridgehead atoms. The fourth-order valence-corrected chi connectivity index (χ4v) is 1.92. The first-order valence-corrected chi connectivity index (χ1v) is 5.36. The average Bonchev–Trinajstić information content (AvgIpc) is 2.99. The minimum absolute atomic E-state index is 0.0577. The first-order chi connectivity index (χ1) is 8.00. The van der Waals surface area contributed by atoms with Crippen LogP contribution in [0.25, 0.3) is 0 Å². The van der Waals surface area contributed by atoms with Crippen LogP contribution in [-0.2, 0) is 19.1 Å². The number of ether oxygens (including phenoxy) is 1. The number of methoxy groups -OCH3 is 1. The van der Waals surface area contributed by atoms with E-state index in [4.69, 9.17) is 0 Å². The fraction of sp³-hybridized carbons (Fsp3) is 0.700. The minimum atomic E-state index is -1.14. The Bertz CT molecular complexity index is 377. The van der Waals surface area contributed by atoms with Gasteiger partial charge in [0, 0.05) is 6.54 Å². The van der Waals surface area contributed by atoms with E-state index in [1.807, 2.05) is 0 Å². The van der Waals surface area contributed by atoms with Crippen molar-refractivity contribution in [1.29, 1.82) is 0 Å². The predicted molar refractivity (Wildman–Crippen MR) is 54.6 cm³/mol. The Morgan fingerprint density at radius 1 is 1.53 bits per heavy atom. The summed E-state index contributed by atoms with van der Waals surface area (Å²) in [5, 5.41) is 14.4. The second-order valence-electron chi connectivity index (χ2n) is 4.35. The van der Waals surface area contributed by atoms with Crippen molar-refractivity contribution in [1.82, 2.24) is 10.6 Å². The lowest BCUT2D eigenvalue weighted by Crippen LogP contribution is -2.49. The zero-order chi connectivity index (χ0) is 12.6. The van der Waals surface area contributed by atoms with Gasteiger partial charge in [-0.3, -0.25) is 9.59 Å². The zero-order valence-electron chi connectivity index (χ0n) is 9.36. The number of rotatable bonds is 3. The monoisotopic (exact) mass is 242 g/mol. The predicted octanol–water partition coefficient (Wildman–Crippen LogP) is -2.08. The molecule has 2 fully saturated rings.